The molecule has 1 aromatic carbocycles. The second kappa shape index (κ2) is 4.24. The van der Waals surface area contributed by atoms with Crippen molar-refractivity contribution in [1.82, 2.24) is 4.72 Å². The van der Waals surface area contributed by atoms with E-state index in [1.807, 2.05) is 0 Å². The van der Waals surface area contributed by atoms with Crippen LogP contribution in [0.15, 0.2) is 24.3 Å². The van der Waals surface area contributed by atoms with Gasteiger partial charge in [0.2, 0.25) is 0 Å². The van der Waals surface area contributed by atoms with Gasteiger partial charge in [0.1, 0.15) is 0 Å². The molecule has 0 radical (unpaired) electrons. The van der Waals surface area contributed by atoms with Crippen molar-refractivity contribution in [1.29, 1.82) is 0 Å². The van der Waals surface area contributed by atoms with Crippen molar-refractivity contribution < 1.29 is 26.4 Å². The van der Waals surface area contributed by atoms with E-state index in [-0.39, 0.29) is 11.3 Å². The minimum Gasteiger partial charge on any atom is -0.399 e. The van der Waals surface area contributed by atoms with Crippen LogP contribution in [0.25, 0.3) is 0 Å². The van der Waals surface area contributed by atoms with Gasteiger partial charge >= 0.3 is 15.5 Å². The van der Waals surface area contributed by atoms with Crippen molar-refractivity contribution in [2.75, 3.05) is 5.73 Å². The predicted molar refractivity (Wildman–Crippen MR) is 53.3 cm³/mol. The first-order valence-corrected chi connectivity index (χ1v) is 5.61. The lowest BCUT2D eigenvalue weighted by atomic mass is 10.2. The number of nitrogen functional groups attached to an aromatic ring is 1. The molecule has 0 aliphatic heterocycles. The summed E-state index contributed by atoms with van der Waals surface area (Å²) in [6.07, 6.45) is 0. The molecule has 17 heavy (non-hydrogen) atoms. The number of benzene rings is 1. The van der Waals surface area contributed by atoms with Gasteiger partial charge in [-0.05, 0) is 18.2 Å². The molecule has 0 bridgehead atoms. The highest BCUT2D eigenvalue weighted by Crippen LogP contribution is 2.22. The summed E-state index contributed by atoms with van der Waals surface area (Å²) in [5, 5.41) is 0. The Morgan fingerprint density at radius 3 is 2.35 bits per heavy atom. The molecular formula is C8H7F3N2O3S. The standard InChI is InChI=1S/C8H7F3N2O3S/c9-8(10,11)17(15,16)13-7(14)5-2-1-3-6(12)4-5/h1-4H,12H2,(H,13,14). The maximum atomic E-state index is 12.0. The minimum absolute atomic E-state index is 0.127. The van der Waals surface area contributed by atoms with Crippen LogP contribution >= 0.6 is 0 Å². The Hall–Kier alpha value is -1.77. The number of carbonyl (C=O) groups excluding carboxylic acids is 1. The van der Waals surface area contributed by atoms with Gasteiger partial charge in [0, 0.05) is 11.3 Å². The van der Waals surface area contributed by atoms with Crippen molar-refractivity contribution in [3.63, 3.8) is 0 Å². The molecule has 0 aliphatic rings. The number of nitrogens with two attached hydrogens (primary N) is 1. The molecule has 1 aromatic rings. The molecule has 94 valence electrons. The summed E-state index contributed by atoms with van der Waals surface area (Å²) in [6.45, 7) is 0. The highest BCUT2D eigenvalue weighted by molar-refractivity contribution is 7.90. The van der Waals surface area contributed by atoms with Gasteiger partial charge in [0.05, 0.1) is 0 Å². The monoisotopic (exact) mass is 268 g/mol. The first kappa shape index (κ1) is 13.3. The van der Waals surface area contributed by atoms with Crippen LogP contribution in [-0.2, 0) is 10.0 Å². The fraction of sp³-hybridized carbons (Fsp3) is 0.125. The Morgan fingerprint density at radius 2 is 1.88 bits per heavy atom. The number of alkyl halides is 3. The van der Waals surface area contributed by atoms with Crippen LogP contribution in [-0.4, -0.2) is 19.8 Å². The van der Waals surface area contributed by atoms with Gasteiger partial charge in [-0.2, -0.15) is 21.6 Å². The number of nitrogens with one attached hydrogen (secondary N) is 1. The molecule has 0 aliphatic carbocycles. The summed E-state index contributed by atoms with van der Waals surface area (Å²) in [5.74, 6) is -1.39. The van der Waals surface area contributed by atoms with Gasteiger partial charge in [0.15, 0.2) is 0 Å². The maximum Gasteiger partial charge on any atom is 0.516 e. The molecule has 1 rings (SSSR count). The van der Waals surface area contributed by atoms with Crippen molar-refractivity contribution in [2.24, 2.45) is 0 Å². The van der Waals surface area contributed by atoms with Crippen molar-refractivity contribution >= 4 is 21.6 Å². The zero-order valence-corrected chi connectivity index (χ0v) is 8.97. The number of carbonyl (C=O) groups is 1. The number of amides is 1. The fourth-order valence-corrected chi connectivity index (χ4v) is 1.40. The minimum atomic E-state index is -5.70. The Kier molecular flexibility index (Phi) is 3.32. The van der Waals surface area contributed by atoms with E-state index in [1.54, 1.807) is 0 Å². The number of halogens is 3. The summed E-state index contributed by atoms with van der Waals surface area (Å²) in [6, 6.07) is 4.90. The summed E-state index contributed by atoms with van der Waals surface area (Å²) < 4.78 is 58.0. The Labute approximate surface area is 94.5 Å². The first-order chi connectivity index (χ1) is 7.63. The number of hydrogen-bond acceptors (Lipinski definition) is 4. The molecule has 9 heteroatoms. The Bertz CT molecular complexity index is 539. The van der Waals surface area contributed by atoms with Crippen LogP contribution in [0, 0.1) is 0 Å². The lowest BCUT2D eigenvalue weighted by Crippen LogP contribution is -2.40. The number of anilines is 1. The van der Waals surface area contributed by atoms with Crippen LogP contribution in [0.3, 0.4) is 0 Å². The van der Waals surface area contributed by atoms with Crippen LogP contribution in [0.5, 0.6) is 0 Å². The Morgan fingerprint density at radius 1 is 1.29 bits per heavy atom. The Balaban J connectivity index is 2.96. The third-order valence-electron chi connectivity index (χ3n) is 1.68. The summed E-state index contributed by atoms with van der Waals surface area (Å²) >= 11 is 0. The van der Waals surface area contributed by atoms with E-state index in [4.69, 9.17) is 5.73 Å². The topological polar surface area (TPSA) is 89.3 Å². The molecule has 0 saturated heterocycles. The fourth-order valence-electron chi connectivity index (χ4n) is 0.919. The molecule has 0 atom stereocenters. The molecule has 0 fully saturated rings. The molecule has 0 unspecified atom stereocenters. The zero-order chi connectivity index (χ0) is 13.3. The van der Waals surface area contributed by atoms with Crippen LogP contribution in [0.2, 0.25) is 0 Å². The normalized spacial score (nSPS) is 12.2. The van der Waals surface area contributed by atoms with Crippen LogP contribution in [0.4, 0.5) is 18.9 Å². The van der Waals surface area contributed by atoms with E-state index in [0.717, 1.165) is 16.9 Å². The van der Waals surface area contributed by atoms with Gasteiger partial charge in [-0.15, -0.1) is 0 Å². The third kappa shape index (κ3) is 3.09. The second-order valence-corrected chi connectivity index (χ2v) is 4.68. The van der Waals surface area contributed by atoms with Gasteiger partial charge in [-0.1, -0.05) is 6.07 Å². The van der Waals surface area contributed by atoms with E-state index >= 15 is 0 Å². The lowest BCUT2D eigenvalue weighted by molar-refractivity contribution is -0.0446. The largest absolute Gasteiger partial charge is 0.516 e. The van der Waals surface area contributed by atoms with Gasteiger partial charge in [-0.25, -0.2) is 4.72 Å². The van der Waals surface area contributed by atoms with Crippen molar-refractivity contribution in [3.05, 3.63) is 29.8 Å². The number of sulfonamides is 1. The summed E-state index contributed by atoms with van der Waals surface area (Å²) in [7, 11) is -5.70. The molecule has 0 heterocycles. The highest BCUT2D eigenvalue weighted by Gasteiger charge is 2.47. The van der Waals surface area contributed by atoms with E-state index in [9.17, 15) is 26.4 Å². The molecule has 0 spiro atoms. The molecule has 1 amide bonds. The smallest absolute Gasteiger partial charge is 0.399 e. The summed E-state index contributed by atoms with van der Waals surface area (Å²) in [4.78, 5) is 11.2. The first-order valence-electron chi connectivity index (χ1n) is 4.12. The van der Waals surface area contributed by atoms with Gasteiger partial charge in [0.25, 0.3) is 5.91 Å². The second-order valence-electron chi connectivity index (χ2n) is 3.01. The summed E-state index contributed by atoms with van der Waals surface area (Å²) in [5.41, 5.74) is -0.397. The highest BCUT2D eigenvalue weighted by atomic mass is 32.2. The molecular weight excluding hydrogens is 261 g/mol. The van der Waals surface area contributed by atoms with Crippen molar-refractivity contribution in [3.8, 4) is 0 Å². The average Bonchev–Trinajstić information content (AvgIpc) is 2.15. The maximum absolute atomic E-state index is 12.0. The molecule has 3 N–H and O–H groups in total. The van der Waals surface area contributed by atoms with Crippen LogP contribution in [0.1, 0.15) is 10.4 Å². The third-order valence-corrected chi connectivity index (χ3v) is 2.74. The van der Waals surface area contributed by atoms with E-state index in [1.165, 1.54) is 12.1 Å². The zero-order valence-electron chi connectivity index (χ0n) is 8.15. The van der Waals surface area contributed by atoms with E-state index < -0.39 is 21.4 Å². The molecule has 5 nitrogen and oxygen atoms in total. The van der Waals surface area contributed by atoms with Gasteiger partial charge in [-0.3, -0.25) is 4.79 Å². The van der Waals surface area contributed by atoms with E-state index in [2.05, 4.69) is 0 Å². The SMILES string of the molecule is Nc1cccc(C(=O)NS(=O)(=O)C(F)(F)F)c1. The average molecular weight is 268 g/mol. The number of rotatable bonds is 2. The lowest BCUT2D eigenvalue weighted by Gasteiger charge is -2.09. The predicted octanol–water partition coefficient (Wildman–Crippen LogP) is 0.848. The van der Waals surface area contributed by atoms with Crippen LogP contribution < -0.4 is 10.5 Å². The molecule has 0 aromatic heterocycles. The number of hydrogen-bond donors (Lipinski definition) is 2. The van der Waals surface area contributed by atoms with E-state index in [0.29, 0.717) is 0 Å². The molecule has 0 saturated carbocycles. The quantitative estimate of drug-likeness (QED) is 0.778. The van der Waals surface area contributed by atoms with Gasteiger partial charge < -0.3 is 5.73 Å². The van der Waals surface area contributed by atoms with Crippen molar-refractivity contribution in [2.45, 2.75) is 5.51 Å².